The number of rotatable bonds is 4. The molecule has 25 heavy (non-hydrogen) atoms. The van der Waals surface area contributed by atoms with Crippen LogP contribution in [0.2, 0.25) is 0 Å². The fourth-order valence-electron chi connectivity index (χ4n) is 2.56. The number of amides is 2. The van der Waals surface area contributed by atoms with Gasteiger partial charge in [0.25, 0.3) is 11.8 Å². The maximum atomic E-state index is 12.2. The highest BCUT2D eigenvalue weighted by Gasteiger charge is 2.29. The summed E-state index contributed by atoms with van der Waals surface area (Å²) in [7, 11) is -3.05. The maximum absolute atomic E-state index is 12.2. The summed E-state index contributed by atoms with van der Waals surface area (Å²) in [5.74, 6) is 0.223. The van der Waals surface area contributed by atoms with Crippen LogP contribution in [0.15, 0.2) is 34.9 Å². The predicted octanol–water partition coefficient (Wildman–Crippen LogP) is 1.15. The molecular weight excluding hydrogens is 346 g/mol. The molecule has 9 heteroatoms. The van der Waals surface area contributed by atoms with Gasteiger partial charge < -0.3 is 15.2 Å². The summed E-state index contributed by atoms with van der Waals surface area (Å²) in [6.07, 6.45) is 0.422. The van der Waals surface area contributed by atoms with E-state index in [9.17, 15) is 18.0 Å². The van der Waals surface area contributed by atoms with Crippen molar-refractivity contribution in [1.82, 2.24) is 10.5 Å². The standard InChI is InChI=1S/C16H17N3O5S/c1-10-8-14(19-24-10)18-16(21)12-4-2-11(3-5-12)15(20)17-13-6-7-25(22,23)9-13/h2-5,8,13H,6-7,9H2,1H3,(H,17,20)(H,18,19,21). The largest absolute Gasteiger partial charge is 0.360 e. The van der Waals surface area contributed by atoms with Crippen LogP contribution in [0.5, 0.6) is 0 Å². The first-order valence-electron chi connectivity index (χ1n) is 7.68. The molecule has 0 saturated carbocycles. The average Bonchev–Trinajstić information content (AvgIpc) is 3.12. The van der Waals surface area contributed by atoms with Crippen molar-refractivity contribution in [2.45, 2.75) is 19.4 Å². The van der Waals surface area contributed by atoms with Gasteiger partial charge in [-0.2, -0.15) is 0 Å². The lowest BCUT2D eigenvalue weighted by molar-refractivity contribution is 0.0939. The fourth-order valence-corrected chi connectivity index (χ4v) is 4.24. The molecule has 1 aromatic heterocycles. The smallest absolute Gasteiger partial charge is 0.256 e. The van der Waals surface area contributed by atoms with Crippen molar-refractivity contribution in [3.8, 4) is 0 Å². The highest BCUT2D eigenvalue weighted by Crippen LogP contribution is 2.13. The quantitative estimate of drug-likeness (QED) is 0.841. The molecule has 1 aromatic carbocycles. The lowest BCUT2D eigenvalue weighted by Crippen LogP contribution is -2.35. The van der Waals surface area contributed by atoms with Gasteiger partial charge in [0.1, 0.15) is 5.76 Å². The van der Waals surface area contributed by atoms with Gasteiger partial charge in [-0.3, -0.25) is 9.59 Å². The Kier molecular flexibility index (Phi) is 4.58. The minimum absolute atomic E-state index is 0.0314. The van der Waals surface area contributed by atoms with E-state index in [4.69, 9.17) is 4.52 Å². The first-order valence-corrected chi connectivity index (χ1v) is 9.50. The number of carbonyl (C=O) groups excluding carboxylic acids is 2. The van der Waals surface area contributed by atoms with Crippen molar-refractivity contribution < 1.29 is 22.5 Å². The summed E-state index contributed by atoms with van der Waals surface area (Å²) < 4.78 is 27.7. The second-order valence-corrected chi connectivity index (χ2v) is 8.16. The summed E-state index contributed by atoms with van der Waals surface area (Å²) in [5.41, 5.74) is 0.721. The molecule has 1 aliphatic rings. The normalized spacial score (nSPS) is 18.7. The van der Waals surface area contributed by atoms with E-state index in [1.54, 1.807) is 13.0 Å². The van der Waals surface area contributed by atoms with Crippen LogP contribution in [0.1, 0.15) is 32.9 Å². The minimum Gasteiger partial charge on any atom is -0.360 e. The van der Waals surface area contributed by atoms with Crippen LogP contribution in [0.4, 0.5) is 5.82 Å². The van der Waals surface area contributed by atoms with E-state index in [0.717, 1.165) is 0 Å². The van der Waals surface area contributed by atoms with Gasteiger partial charge in [0.2, 0.25) is 0 Å². The molecule has 1 fully saturated rings. The molecule has 2 N–H and O–H groups in total. The molecule has 1 aliphatic heterocycles. The zero-order valence-corrected chi connectivity index (χ0v) is 14.3. The Hall–Kier alpha value is -2.68. The fraction of sp³-hybridized carbons (Fsp3) is 0.312. The third-order valence-corrected chi connectivity index (χ3v) is 5.61. The monoisotopic (exact) mass is 363 g/mol. The van der Waals surface area contributed by atoms with Gasteiger partial charge in [-0.15, -0.1) is 0 Å². The first-order chi connectivity index (χ1) is 11.8. The first kappa shape index (κ1) is 17.2. The van der Waals surface area contributed by atoms with Crippen LogP contribution in [-0.4, -0.2) is 42.9 Å². The number of nitrogens with one attached hydrogen (secondary N) is 2. The zero-order valence-electron chi connectivity index (χ0n) is 13.5. The molecule has 2 amide bonds. The van der Waals surface area contributed by atoms with Crippen LogP contribution in [0.3, 0.4) is 0 Å². The van der Waals surface area contributed by atoms with E-state index < -0.39 is 9.84 Å². The number of carbonyl (C=O) groups is 2. The van der Waals surface area contributed by atoms with E-state index in [1.165, 1.54) is 24.3 Å². The van der Waals surface area contributed by atoms with E-state index in [-0.39, 0.29) is 29.4 Å². The highest BCUT2D eigenvalue weighted by atomic mass is 32.2. The van der Waals surface area contributed by atoms with Gasteiger partial charge in [-0.25, -0.2) is 8.42 Å². The van der Waals surface area contributed by atoms with Gasteiger partial charge in [0.15, 0.2) is 15.7 Å². The minimum atomic E-state index is -3.05. The Morgan fingerprint density at radius 1 is 1.16 bits per heavy atom. The summed E-state index contributed by atoms with van der Waals surface area (Å²) in [5, 5.41) is 8.96. The predicted molar refractivity (Wildman–Crippen MR) is 90.2 cm³/mol. The third-order valence-electron chi connectivity index (χ3n) is 3.85. The summed E-state index contributed by atoms with van der Waals surface area (Å²) in [6.45, 7) is 1.71. The Bertz CT molecular complexity index is 902. The number of benzene rings is 1. The maximum Gasteiger partial charge on any atom is 0.256 e. The molecule has 8 nitrogen and oxygen atoms in total. The Labute approximate surface area is 144 Å². The lowest BCUT2D eigenvalue weighted by atomic mass is 10.1. The molecule has 0 bridgehead atoms. The molecule has 1 unspecified atom stereocenters. The van der Waals surface area contributed by atoms with Gasteiger partial charge >= 0.3 is 0 Å². The molecule has 0 spiro atoms. The van der Waals surface area contributed by atoms with E-state index in [2.05, 4.69) is 15.8 Å². The Balaban J connectivity index is 1.61. The number of sulfone groups is 1. The van der Waals surface area contributed by atoms with Gasteiger partial charge in [-0.05, 0) is 37.6 Å². The lowest BCUT2D eigenvalue weighted by Gasteiger charge is -2.11. The second kappa shape index (κ2) is 6.67. The molecular formula is C16H17N3O5S. The molecule has 2 heterocycles. The average molecular weight is 363 g/mol. The molecule has 0 radical (unpaired) electrons. The molecule has 2 aromatic rings. The summed E-state index contributed by atoms with van der Waals surface area (Å²) in [4.78, 5) is 24.3. The van der Waals surface area contributed by atoms with Crippen LogP contribution in [0.25, 0.3) is 0 Å². The van der Waals surface area contributed by atoms with Crippen LogP contribution in [0, 0.1) is 6.92 Å². The van der Waals surface area contributed by atoms with Gasteiger partial charge in [-0.1, -0.05) is 5.16 Å². The van der Waals surface area contributed by atoms with E-state index >= 15 is 0 Å². The molecule has 1 saturated heterocycles. The summed E-state index contributed by atoms with van der Waals surface area (Å²) in [6, 6.07) is 7.29. The number of hydrogen-bond acceptors (Lipinski definition) is 6. The molecule has 0 aliphatic carbocycles. The number of aromatic nitrogens is 1. The van der Waals surface area contributed by atoms with Crippen molar-refractivity contribution in [3.05, 3.63) is 47.2 Å². The SMILES string of the molecule is Cc1cc(NC(=O)c2ccc(C(=O)NC3CCS(=O)(=O)C3)cc2)no1. The number of hydrogen-bond donors (Lipinski definition) is 2. The van der Waals surface area contributed by atoms with Crippen molar-refractivity contribution in [3.63, 3.8) is 0 Å². The van der Waals surface area contributed by atoms with Crippen molar-refractivity contribution in [2.75, 3.05) is 16.8 Å². The van der Waals surface area contributed by atoms with Crippen LogP contribution >= 0.6 is 0 Å². The summed E-state index contributed by atoms with van der Waals surface area (Å²) >= 11 is 0. The second-order valence-electron chi connectivity index (χ2n) is 5.93. The number of nitrogens with zero attached hydrogens (tertiary/aromatic N) is 1. The van der Waals surface area contributed by atoms with Crippen molar-refractivity contribution in [2.24, 2.45) is 0 Å². The Morgan fingerprint density at radius 3 is 2.32 bits per heavy atom. The third kappa shape index (κ3) is 4.24. The molecule has 132 valence electrons. The topological polar surface area (TPSA) is 118 Å². The van der Waals surface area contributed by atoms with Crippen LogP contribution in [-0.2, 0) is 9.84 Å². The number of anilines is 1. The van der Waals surface area contributed by atoms with Crippen molar-refractivity contribution >= 4 is 27.5 Å². The highest BCUT2D eigenvalue weighted by molar-refractivity contribution is 7.91. The zero-order chi connectivity index (χ0) is 18.0. The van der Waals surface area contributed by atoms with Crippen molar-refractivity contribution in [1.29, 1.82) is 0 Å². The van der Waals surface area contributed by atoms with E-state index in [0.29, 0.717) is 29.1 Å². The van der Waals surface area contributed by atoms with E-state index in [1.807, 2.05) is 0 Å². The van der Waals surface area contributed by atoms with Crippen LogP contribution < -0.4 is 10.6 Å². The number of aryl methyl sites for hydroxylation is 1. The van der Waals surface area contributed by atoms with Gasteiger partial charge in [0.05, 0.1) is 11.5 Å². The molecule has 1 atom stereocenters. The Morgan fingerprint density at radius 2 is 1.80 bits per heavy atom. The molecule has 3 rings (SSSR count). The van der Waals surface area contributed by atoms with Gasteiger partial charge in [0, 0.05) is 23.2 Å².